The number of rotatable bonds is 1. The minimum atomic E-state index is 0. The maximum absolute atomic E-state index is 4.52. The zero-order valence-corrected chi connectivity index (χ0v) is 18.8. The predicted octanol–water partition coefficient (Wildman–Crippen LogP) is 6.48. The number of hydrogen-bond acceptors (Lipinski definition) is 3. The van der Waals surface area contributed by atoms with Gasteiger partial charge in [-0.1, -0.05) is 48.5 Å². The second-order valence-corrected chi connectivity index (χ2v) is 6.87. The summed E-state index contributed by atoms with van der Waals surface area (Å²) in [6.45, 7) is 0. The predicted molar refractivity (Wildman–Crippen MR) is 123 cm³/mol. The molecule has 3 nitrogen and oxygen atoms in total. The van der Waals surface area contributed by atoms with Crippen LogP contribution in [0.1, 0.15) is 0 Å². The zero-order valence-electron chi connectivity index (χ0n) is 16.6. The zero-order chi connectivity index (χ0) is 20.2. The van der Waals surface area contributed by atoms with Crippen molar-refractivity contribution in [2.75, 3.05) is 0 Å². The Morgan fingerprint density at radius 1 is 0.516 bits per heavy atom. The van der Waals surface area contributed by atoms with E-state index in [0.717, 1.165) is 38.4 Å². The standard InChI is InChI=1S/C16H10N2.C11H8N.Pt/c1-3-12-7-5-11-6-8-13-4-2-10-18-16(13)14(11)15(12)17-9-1;1-2-6-10(7-3-1)11-8-4-5-9-12-11;/h1-10H;1-6,8-9H;/q;-1;. The molecule has 6 rings (SSSR count). The smallest absolute Gasteiger partial charge is 0.0802 e. The van der Waals surface area contributed by atoms with Gasteiger partial charge in [0.15, 0.2) is 0 Å². The summed E-state index contributed by atoms with van der Waals surface area (Å²) in [6.07, 6.45) is 5.46. The van der Waals surface area contributed by atoms with Gasteiger partial charge in [-0.15, -0.1) is 35.9 Å². The van der Waals surface area contributed by atoms with Crippen molar-refractivity contribution in [2.24, 2.45) is 0 Å². The molecule has 152 valence electrons. The van der Waals surface area contributed by atoms with Gasteiger partial charge in [0.05, 0.1) is 11.0 Å². The summed E-state index contributed by atoms with van der Waals surface area (Å²) >= 11 is 0. The SMILES string of the molecule is [Pt].[c-]1ccccc1-c1ccccn1.c1cnc2c(c1)ccc1ccc3cccnc3c12. The van der Waals surface area contributed by atoms with Crippen LogP contribution in [0.25, 0.3) is 43.8 Å². The number of hydrogen-bond donors (Lipinski definition) is 0. The van der Waals surface area contributed by atoms with E-state index < -0.39 is 0 Å². The van der Waals surface area contributed by atoms with Gasteiger partial charge in [-0.3, -0.25) is 9.97 Å². The molecule has 3 aromatic heterocycles. The molecule has 4 heteroatoms. The topological polar surface area (TPSA) is 38.7 Å². The normalized spacial score (nSPS) is 10.3. The molecular formula is C27H18N3Pt-. The van der Waals surface area contributed by atoms with Crippen molar-refractivity contribution < 1.29 is 21.1 Å². The van der Waals surface area contributed by atoms with Crippen LogP contribution in [0.5, 0.6) is 0 Å². The third kappa shape index (κ3) is 4.38. The van der Waals surface area contributed by atoms with Gasteiger partial charge in [0.25, 0.3) is 0 Å². The van der Waals surface area contributed by atoms with Gasteiger partial charge in [0.2, 0.25) is 0 Å². The quantitative estimate of drug-likeness (QED) is 0.165. The molecule has 0 aliphatic rings. The molecule has 0 N–H and O–H groups in total. The van der Waals surface area contributed by atoms with Gasteiger partial charge in [0.1, 0.15) is 0 Å². The van der Waals surface area contributed by atoms with E-state index in [9.17, 15) is 0 Å². The fourth-order valence-corrected chi connectivity index (χ4v) is 3.56. The molecular weight excluding hydrogens is 561 g/mol. The Kier molecular flexibility index (Phi) is 6.45. The first kappa shape index (κ1) is 20.8. The molecule has 0 atom stereocenters. The molecule has 0 unspecified atom stereocenters. The summed E-state index contributed by atoms with van der Waals surface area (Å²) in [4.78, 5) is 13.3. The van der Waals surface area contributed by atoms with Crippen molar-refractivity contribution >= 4 is 32.6 Å². The Balaban J connectivity index is 0.000000156. The summed E-state index contributed by atoms with van der Waals surface area (Å²) in [7, 11) is 0. The van der Waals surface area contributed by atoms with E-state index in [1.807, 2.05) is 67.0 Å². The van der Waals surface area contributed by atoms with E-state index in [0.29, 0.717) is 0 Å². The fourth-order valence-electron chi connectivity index (χ4n) is 3.56. The Labute approximate surface area is 195 Å². The molecule has 0 fully saturated rings. The first-order chi connectivity index (χ1) is 14.9. The van der Waals surface area contributed by atoms with Gasteiger partial charge < -0.3 is 4.98 Å². The molecule has 0 saturated heterocycles. The van der Waals surface area contributed by atoms with Crippen LogP contribution in [-0.4, -0.2) is 15.0 Å². The average Bonchev–Trinajstić information content (AvgIpc) is 2.85. The van der Waals surface area contributed by atoms with Crippen LogP contribution >= 0.6 is 0 Å². The molecule has 3 aromatic carbocycles. The molecule has 0 radical (unpaired) electrons. The van der Waals surface area contributed by atoms with Crippen LogP contribution in [0.15, 0.2) is 110 Å². The fraction of sp³-hybridized carbons (Fsp3) is 0. The number of pyridine rings is 3. The van der Waals surface area contributed by atoms with Gasteiger partial charge >= 0.3 is 0 Å². The van der Waals surface area contributed by atoms with Crippen LogP contribution in [-0.2, 0) is 21.1 Å². The molecule has 0 bridgehead atoms. The van der Waals surface area contributed by atoms with Crippen molar-refractivity contribution in [3.05, 3.63) is 116 Å². The minimum Gasteiger partial charge on any atom is -0.305 e. The Morgan fingerprint density at radius 2 is 1.13 bits per heavy atom. The van der Waals surface area contributed by atoms with Crippen molar-refractivity contribution in [1.82, 2.24) is 15.0 Å². The van der Waals surface area contributed by atoms with Gasteiger partial charge in [-0.2, -0.15) is 0 Å². The van der Waals surface area contributed by atoms with Crippen LogP contribution in [0.2, 0.25) is 0 Å². The number of benzene rings is 3. The minimum absolute atomic E-state index is 0. The average molecular weight is 580 g/mol. The van der Waals surface area contributed by atoms with Crippen molar-refractivity contribution in [3.63, 3.8) is 0 Å². The summed E-state index contributed by atoms with van der Waals surface area (Å²) in [5.74, 6) is 0. The number of aromatic nitrogens is 3. The molecule has 6 aromatic rings. The third-order valence-corrected chi connectivity index (χ3v) is 4.97. The van der Waals surface area contributed by atoms with E-state index in [1.165, 1.54) is 5.39 Å². The molecule has 0 spiro atoms. The van der Waals surface area contributed by atoms with Crippen molar-refractivity contribution in [3.8, 4) is 11.3 Å². The largest absolute Gasteiger partial charge is 0.305 e. The summed E-state index contributed by atoms with van der Waals surface area (Å²) < 4.78 is 0. The molecule has 0 saturated carbocycles. The van der Waals surface area contributed by atoms with E-state index in [4.69, 9.17) is 0 Å². The van der Waals surface area contributed by atoms with E-state index in [1.54, 1.807) is 6.20 Å². The number of fused-ring (bicyclic) bond motifs is 5. The number of nitrogens with zero attached hydrogens (tertiary/aromatic N) is 3. The van der Waals surface area contributed by atoms with Crippen LogP contribution in [0.4, 0.5) is 0 Å². The first-order valence-corrected chi connectivity index (χ1v) is 9.79. The Bertz CT molecular complexity index is 1330. The van der Waals surface area contributed by atoms with E-state index in [-0.39, 0.29) is 21.1 Å². The molecule has 3 heterocycles. The first-order valence-electron chi connectivity index (χ1n) is 9.79. The molecule has 0 aliphatic carbocycles. The Hall–Kier alpha value is -3.42. The van der Waals surface area contributed by atoms with Crippen LogP contribution in [0, 0.1) is 6.07 Å². The van der Waals surface area contributed by atoms with Gasteiger partial charge in [0, 0.05) is 55.8 Å². The maximum Gasteiger partial charge on any atom is 0.0802 e. The summed E-state index contributed by atoms with van der Waals surface area (Å²) in [5, 5.41) is 4.64. The molecule has 31 heavy (non-hydrogen) atoms. The second-order valence-electron chi connectivity index (χ2n) is 6.87. The van der Waals surface area contributed by atoms with E-state index in [2.05, 4.69) is 57.4 Å². The molecule has 0 amide bonds. The van der Waals surface area contributed by atoms with Crippen molar-refractivity contribution in [2.45, 2.75) is 0 Å². The second kappa shape index (κ2) is 9.59. The summed E-state index contributed by atoms with van der Waals surface area (Å²) in [5.41, 5.74) is 4.06. The van der Waals surface area contributed by atoms with Gasteiger partial charge in [-0.05, 0) is 29.3 Å². The molecule has 0 aliphatic heterocycles. The maximum atomic E-state index is 4.52. The Morgan fingerprint density at radius 3 is 1.71 bits per heavy atom. The van der Waals surface area contributed by atoms with Crippen molar-refractivity contribution in [1.29, 1.82) is 0 Å². The van der Waals surface area contributed by atoms with Crippen LogP contribution < -0.4 is 0 Å². The monoisotopic (exact) mass is 579 g/mol. The van der Waals surface area contributed by atoms with E-state index >= 15 is 0 Å². The van der Waals surface area contributed by atoms with Gasteiger partial charge in [-0.25, -0.2) is 0 Å². The summed E-state index contributed by atoms with van der Waals surface area (Å²) in [6, 6.07) is 33.4. The van der Waals surface area contributed by atoms with Crippen LogP contribution in [0.3, 0.4) is 0 Å². The third-order valence-electron chi connectivity index (χ3n) is 4.97.